The number of carbonyl (C=O) groups is 1. The van der Waals surface area contributed by atoms with Gasteiger partial charge < -0.3 is 15.4 Å². The molecule has 1 aliphatic rings. The van der Waals surface area contributed by atoms with Crippen molar-refractivity contribution in [1.29, 1.82) is 0 Å². The van der Waals surface area contributed by atoms with Crippen molar-refractivity contribution >= 4 is 17.3 Å². The van der Waals surface area contributed by atoms with Gasteiger partial charge in [0, 0.05) is 30.1 Å². The molecule has 0 saturated carbocycles. The first-order valence-electron chi connectivity index (χ1n) is 7.63. The zero-order chi connectivity index (χ0) is 15.2. The van der Waals surface area contributed by atoms with Gasteiger partial charge in [0.1, 0.15) is 0 Å². The van der Waals surface area contributed by atoms with Crippen LogP contribution in [0.4, 0.5) is 11.4 Å². The van der Waals surface area contributed by atoms with Crippen LogP contribution in [0.2, 0.25) is 0 Å². The van der Waals surface area contributed by atoms with Crippen LogP contribution < -0.4 is 10.6 Å². The topological polar surface area (TPSA) is 50.4 Å². The highest BCUT2D eigenvalue weighted by atomic mass is 16.5. The second kappa shape index (κ2) is 7.09. The van der Waals surface area contributed by atoms with Gasteiger partial charge in [0.25, 0.3) is 5.91 Å². The van der Waals surface area contributed by atoms with Crippen LogP contribution in [-0.4, -0.2) is 25.2 Å². The molecule has 1 atom stereocenters. The number of rotatable bonds is 5. The summed E-state index contributed by atoms with van der Waals surface area (Å²) in [7, 11) is 0. The number of hydrogen-bond donors (Lipinski definition) is 2. The largest absolute Gasteiger partial charge is 0.382 e. The number of nitrogens with one attached hydrogen (secondary N) is 2. The third-order valence-corrected chi connectivity index (χ3v) is 3.74. The van der Waals surface area contributed by atoms with Gasteiger partial charge in [-0.2, -0.15) is 0 Å². The summed E-state index contributed by atoms with van der Waals surface area (Å²) in [5, 5.41) is 6.25. The van der Waals surface area contributed by atoms with Gasteiger partial charge in [-0.25, -0.2) is 0 Å². The number of amides is 1. The number of carbonyl (C=O) groups excluding carboxylic acids is 1. The summed E-state index contributed by atoms with van der Waals surface area (Å²) in [6.45, 7) is 1.70. The maximum atomic E-state index is 12.1. The van der Waals surface area contributed by atoms with E-state index in [4.69, 9.17) is 4.74 Å². The fraction of sp³-hybridized carbons (Fsp3) is 0.278. The van der Waals surface area contributed by atoms with Gasteiger partial charge in [-0.3, -0.25) is 4.79 Å². The third kappa shape index (κ3) is 3.86. The molecule has 0 radical (unpaired) electrons. The highest BCUT2D eigenvalue weighted by molar-refractivity contribution is 6.04. The second-order valence-electron chi connectivity index (χ2n) is 5.41. The van der Waals surface area contributed by atoms with Crippen molar-refractivity contribution in [2.45, 2.75) is 18.9 Å². The Bertz CT molecular complexity index is 605. The van der Waals surface area contributed by atoms with E-state index in [-0.39, 0.29) is 5.91 Å². The maximum absolute atomic E-state index is 12.1. The van der Waals surface area contributed by atoms with Gasteiger partial charge >= 0.3 is 0 Å². The molecule has 1 unspecified atom stereocenters. The van der Waals surface area contributed by atoms with Crippen LogP contribution in [-0.2, 0) is 4.74 Å². The van der Waals surface area contributed by atoms with E-state index in [0.717, 1.165) is 37.4 Å². The lowest BCUT2D eigenvalue weighted by Crippen LogP contribution is -2.18. The molecule has 1 saturated heterocycles. The molecule has 0 spiro atoms. The fourth-order valence-electron chi connectivity index (χ4n) is 2.50. The van der Waals surface area contributed by atoms with Crippen LogP contribution in [0.1, 0.15) is 23.2 Å². The first-order valence-corrected chi connectivity index (χ1v) is 7.63. The summed E-state index contributed by atoms with van der Waals surface area (Å²) >= 11 is 0. The molecular formula is C18H20N2O2. The van der Waals surface area contributed by atoms with E-state index >= 15 is 0 Å². The lowest BCUT2D eigenvalue weighted by atomic mass is 10.2. The summed E-state index contributed by atoms with van der Waals surface area (Å²) in [4.78, 5) is 12.1. The van der Waals surface area contributed by atoms with Gasteiger partial charge in [-0.15, -0.1) is 0 Å². The molecule has 2 N–H and O–H groups in total. The number of hydrogen-bond acceptors (Lipinski definition) is 3. The number of benzene rings is 2. The minimum absolute atomic E-state index is 0.0966. The van der Waals surface area contributed by atoms with Gasteiger partial charge in [0.2, 0.25) is 0 Å². The Morgan fingerprint density at radius 1 is 1.05 bits per heavy atom. The Balaban J connectivity index is 1.53. The van der Waals surface area contributed by atoms with Crippen LogP contribution in [0.15, 0.2) is 54.6 Å². The van der Waals surface area contributed by atoms with Crippen molar-refractivity contribution < 1.29 is 9.53 Å². The van der Waals surface area contributed by atoms with Crippen LogP contribution in [0.25, 0.3) is 0 Å². The number of anilines is 2. The Labute approximate surface area is 130 Å². The summed E-state index contributed by atoms with van der Waals surface area (Å²) in [6, 6.07) is 16.9. The van der Waals surface area contributed by atoms with E-state index in [1.54, 1.807) is 12.1 Å². The highest BCUT2D eigenvalue weighted by Gasteiger charge is 2.14. The van der Waals surface area contributed by atoms with Crippen LogP contribution in [0.3, 0.4) is 0 Å². The molecule has 22 heavy (non-hydrogen) atoms. The van der Waals surface area contributed by atoms with Gasteiger partial charge in [-0.05, 0) is 49.2 Å². The Morgan fingerprint density at radius 3 is 2.45 bits per heavy atom. The fourth-order valence-corrected chi connectivity index (χ4v) is 2.50. The molecule has 3 rings (SSSR count). The lowest BCUT2D eigenvalue weighted by Gasteiger charge is -2.12. The molecule has 2 aromatic carbocycles. The normalized spacial score (nSPS) is 17.2. The van der Waals surface area contributed by atoms with Gasteiger partial charge in [-0.1, -0.05) is 18.2 Å². The van der Waals surface area contributed by atoms with Crippen molar-refractivity contribution in [3.63, 3.8) is 0 Å². The molecule has 1 aliphatic heterocycles. The van der Waals surface area contributed by atoms with E-state index in [9.17, 15) is 4.79 Å². The summed E-state index contributed by atoms with van der Waals surface area (Å²) in [5.74, 6) is -0.0966. The van der Waals surface area contributed by atoms with Gasteiger partial charge in [0.15, 0.2) is 0 Å². The zero-order valence-corrected chi connectivity index (χ0v) is 12.4. The van der Waals surface area contributed by atoms with Crippen LogP contribution in [0.5, 0.6) is 0 Å². The van der Waals surface area contributed by atoms with E-state index in [0.29, 0.717) is 11.7 Å². The Kier molecular flexibility index (Phi) is 4.71. The quantitative estimate of drug-likeness (QED) is 0.887. The van der Waals surface area contributed by atoms with E-state index in [2.05, 4.69) is 10.6 Å². The smallest absolute Gasteiger partial charge is 0.255 e. The Morgan fingerprint density at radius 2 is 1.77 bits per heavy atom. The van der Waals surface area contributed by atoms with Crippen molar-refractivity contribution in [2.24, 2.45) is 0 Å². The van der Waals surface area contributed by atoms with Crippen molar-refractivity contribution in [2.75, 3.05) is 23.8 Å². The van der Waals surface area contributed by atoms with Crippen molar-refractivity contribution in [1.82, 2.24) is 0 Å². The second-order valence-corrected chi connectivity index (χ2v) is 5.41. The minimum Gasteiger partial charge on any atom is -0.382 e. The lowest BCUT2D eigenvalue weighted by molar-refractivity contribution is 0.102. The standard InChI is InChI=1S/C18H20N2O2/c21-18(14-5-2-1-3-6-14)20-16-10-8-15(9-11-16)19-13-17-7-4-12-22-17/h1-3,5-6,8-11,17,19H,4,7,12-13H2,(H,20,21). The molecule has 0 aromatic heterocycles. The van der Waals surface area contributed by atoms with Crippen LogP contribution >= 0.6 is 0 Å². The summed E-state index contributed by atoms with van der Waals surface area (Å²) in [5.41, 5.74) is 2.48. The molecule has 114 valence electrons. The first kappa shape index (κ1) is 14.6. The third-order valence-electron chi connectivity index (χ3n) is 3.74. The van der Waals surface area contributed by atoms with E-state index in [1.165, 1.54) is 0 Å². The number of ether oxygens (including phenoxy) is 1. The summed E-state index contributed by atoms with van der Waals surface area (Å²) in [6.07, 6.45) is 2.59. The van der Waals surface area contributed by atoms with E-state index in [1.807, 2.05) is 42.5 Å². The summed E-state index contributed by atoms with van der Waals surface area (Å²) < 4.78 is 5.58. The maximum Gasteiger partial charge on any atom is 0.255 e. The van der Waals surface area contributed by atoms with Crippen molar-refractivity contribution in [3.05, 3.63) is 60.2 Å². The molecule has 0 aliphatic carbocycles. The van der Waals surface area contributed by atoms with Crippen LogP contribution in [0, 0.1) is 0 Å². The molecule has 1 fully saturated rings. The minimum atomic E-state index is -0.0966. The first-order chi connectivity index (χ1) is 10.8. The molecule has 4 nitrogen and oxygen atoms in total. The zero-order valence-electron chi connectivity index (χ0n) is 12.4. The van der Waals surface area contributed by atoms with E-state index < -0.39 is 0 Å². The Hall–Kier alpha value is -2.33. The average molecular weight is 296 g/mol. The SMILES string of the molecule is O=C(Nc1ccc(NCC2CCCO2)cc1)c1ccccc1. The van der Waals surface area contributed by atoms with Gasteiger partial charge in [0.05, 0.1) is 6.10 Å². The molecular weight excluding hydrogens is 276 g/mol. The predicted octanol–water partition coefficient (Wildman–Crippen LogP) is 3.53. The molecule has 0 bridgehead atoms. The highest BCUT2D eigenvalue weighted by Crippen LogP contribution is 2.17. The molecule has 1 heterocycles. The average Bonchev–Trinajstić information content (AvgIpc) is 3.08. The predicted molar refractivity (Wildman–Crippen MR) is 88.3 cm³/mol. The molecule has 2 aromatic rings. The molecule has 1 amide bonds. The monoisotopic (exact) mass is 296 g/mol. The van der Waals surface area contributed by atoms with Crippen molar-refractivity contribution in [3.8, 4) is 0 Å². The molecule has 4 heteroatoms.